The quantitative estimate of drug-likeness (QED) is 0.748. The van der Waals surface area contributed by atoms with Crippen LogP contribution in [0.15, 0.2) is 0 Å². The van der Waals surface area contributed by atoms with E-state index in [0.29, 0.717) is 19.5 Å². The predicted molar refractivity (Wildman–Crippen MR) is 80.0 cm³/mol. The Balaban J connectivity index is 2.69. The highest BCUT2D eigenvalue weighted by Crippen LogP contribution is 2.24. The zero-order chi connectivity index (χ0) is 16.2. The Hall–Kier alpha value is -1.39. The second-order valence-corrected chi connectivity index (χ2v) is 6.74. The number of piperidine rings is 1. The zero-order valence-electron chi connectivity index (χ0n) is 13.8. The van der Waals surface area contributed by atoms with Crippen LogP contribution in [0.25, 0.3) is 0 Å². The minimum Gasteiger partial charge on any atom is -0.444 e. The van der Waals surface area contributed by atoms with Gasteiger partial charge in [-0.15, -0.1) is 0 Å². The number of rotatable bonds is 4. The number of ether oxygens (including phenoxy) is 1. The lowest BCUT2D eigenvalue weighted by atomic mass is 9.84. The number of likely N-dealkylation sites (tertiary alicyclic amines) is 1. The van der Waals surface area contributed by atoms with Gasteiger partial charge in [-0.3, -0.25) is 9.59 Å². The standard InChI is InChI=1S/C16H27NO4/c1-6-13(11(2)18)14(19)12-8-7-9-17(10-12)15(20)21-16(3,4)5/h12-13H,6-10H2,1-5H3/t12-,13?/m0/s1. The summed E-state index contributed by atoms with van der Waals surface area (Å²) in [6.07, 6.45) is 1.65. The minimum atomic E-state index is -0.542. The van der Waals surface area contributed by atoms with Gasteiger partial charge in [0, 0.05) is 19.0 Å². The van der Waals surface area contributed by atoms with E-state index in [1.165, 1.54) is 6.92 Å². The number of Topliss-reactive ketones (excluding diaryl/α,β-unsaturated/α-hetero) is 2. The number of ketones is 2. The fourth-order valence-corrected chi connectivity index (χ4v) is 2.68. The topological polar surface area (TPSA) is 63.7 Å². The van der Waals surface area contributed by atoms with Crippen molar-refractivity contribution in [3.8, 4) is 0 Å². The molecule has 1 heterocycles. The number of carbonyl (C=O) groups is 3. The molecule has 0 saturated carbocycles. The smallest absolute Gasteiger partial charge is 0.410 e. The first-order valence-corrected chi connectivity index (χ1v) is 7.67. The summed E-state index contributed by atoms with van der Waals surface area (Å²) in [6.45, 7) is 9.73. The SMILES string of the molecule is CCC(C(C)=O)C(=O)[C@H]1CCCN(C(=O)OC(C)(C)C)C1. The largest absolute Gasteiger partial charge is 0.444 e. The fraction of sp³-hybridized carbons (Fsp3) is 0.812. The Labute approximate surface area is 127 Å². The molecule has 0 aromatic heterocycles. The average Bonchev–Trinajstić information content (AvgIpc) is 2.37. The van der Waals surface area contributed by atoms with Crippen molar-refractivity contribution >= 4 is 17.7 Å². The third kappa shape index (κ3) is 5.14. The number of amides is 1. The van der Waals surface area contributed by atoms with E-state index in [-0.39, 0.29) is 23.6 Å². The normalized spacial score (nSPS) is 20.8. The summed E-state index contributed by atoms with van der Waals surface area (Å²) in [6, 6.07) is 0. The first-order chi connectivity index (χ1) is 9.65. The van der Waals surface area contributed by atoms with Gasteiger partial charge in [0.25, 0.3) is 0 Å². The number of hydrogen-bond donors (Lipinski definition) is 0. The summed E-state index contributed by atoms with van der Waals surface area (Å²) < 4.78 is 5.35. The molecule has 1 amide bonds. The zero-order valence-corrected chi connectivity index (χ0v) is 13.8. The van der Waals surface area contributed by atoms with Crippen LogP contribution >= 0.6 is 0 Å². The molecule has 0 N–H and O–H groups in total. The Bertz CT molecular complexity index is 411. The van der Waals surface area contributed by atoms with E-state index >= 15 is 0 Å². The van der Waals surface area contributed by atoms with Crippen LogP contribution in [-0.2, 0) is 14.3 Å². The van der Waals surface area contributed by atoms with Crippen LogP contribution in [0.3, 0.4) is 0 Å². The van der Waals surface area contributed by atoms with Crippen molar-refractivity contribution < 1.29 is 19.1 Å². The second-order valence-electron chi connectivity index (χ2n) is 6.74. The molecule has 5 heteroatoms. The molecule has 0 aromatic carbocycles. The Kier molecular flexibility index (Phi) is 5.93. The molecule has 0 aromatic rings. The van der Waals surface area contributed by atoms with Crippen LogP contribution in [0, 0.1) is 11.8 Å². The van der Waals surface area contributed by atoms with E-state index < -0.39 is 11.5 Å². The van der Waals surface area contributed by atoms with Crippen LogP contribution in [0.2, 0.25) is 0 Å². The van der Waals surface area contributed by atoms with Crippen LogP contribution in [0.1, 0.15) is 53.9 Å². The lowest BCUT2D eigenvalue weighted by molar-refractivity contribution is -0.135. The van der Waals surface area contributed by atoms with Gasteiger partial charge in [-0.2, -0.15) is 0 Å². The highest BCUT2D eigenvalue weighted by Gasteiger charge is 2.34. The first kappa shape index (κ1) is 17.7. The first-order valence-electron chi connectivity index (χ1n) is 7.67. The van der Waals surface area contributed by atoms with E-state index in [0.717, 1.165) is 12.8 Å². The highest BCUT2D eigenvalue weighted by molar-refractivity contribution is 6.02. The van der Waals surface area contributed by atoms with Crippen molar-refractivity contribution in [1.82, 2.24) is 4.90 Å². The van der Waals surface area contributed by atoms with E-state index in [1.54, 1.807) is 4.90 Å². The van der Waals surface area contributed by atoms with Gasteiger partial charge in [0.15, 0.2) is 0 Å². The van der Waals surface area contributed by atoms with Gasteiger partial charge in [-0.25, -0.2) is 4.79 Å². The van der Waals surface area contributed by atoms with Crippen molar-refractivity contribution in [3.05, 3.63) is 0 Å². The molecule has 0 bridgehead atoms. The van der Waals surface area contributed by atoms with Gasteiger partial charge in [0.1, 0.15) is 17.2 Å². The summed E-state index contributed by atoms with van der Waals surface area (Å²) in [5.74, 6) is -0.899. The van der Waals surface area contributed by atoms with Crippen LogP contribution in [0.4, 0.5) is 4.79 Å². The maximum absolute atomic E-state index is 12.4. The van der Waals surface area contributed by atoms with Crippen molar-refractivity contribution in [1.29, 1.82) is 0 Å². The van der Waals surface area contributed by atoms with Crippen molar-refractivity contribution in [3.63, 3.8) is 0 Å². The molecule has 1 aliphatic rings. The summed E-state index contributed by atoms with van der Waals surface area (Å²) in [4.78, 5) is 37.6. The molecule has 1 saturated heterocycles. The van der Waals surface area contributed by atoms with Crippen molar-refractivity contribution in [2.75, 3.05) is 13.1 Å². The molecule has 0 spiro atoms. The van der Waals surface area contributed by atoms with Gasteiger partial charge in [0.2, 0.25) is 0 Å². The predicted octanol–water partition coefficient (Wildman–Crippen LogP) is 2.82. The van der Waals surface area contributed by atoms with Gasteiger partial charge in [0.05, 0.1) is 5.92 Å². The molecule has 1 unspecified atom stereocenters. The van der Waals surface area contributed by atoms with Crippen LogP contribution < -0.4 is 0 Å². The molecule has 0 radical (unpaired) electrons. The third-order valence-corrected chi connectivity index (χ3v) is 3.72. The molecule has 120 valence electrons. The molecule has 0 aliphatic carbocycles. The molecule has 2 atom stereocenters. The average molecular weight is 297 g/mol. The van der Waals surface area contributed by atoms with Crippen molar-refractivity contribution in [2.45, 2.75) is 59.5 Å². The van der Waals surface area contributed by atoms with E-state index in [9.17, 15) is 14.4 Å². The second kappa shape index (κ2) is 7.05. The minimum absolute atomic E-state index is 0.0294. The Morgan fingerprint density at radius 2 is 1.90 bits per heavy atom. The molecule has 5 nitrogen and oxygen atoms in total. The Morgan fingerprint density at radius 3 is 2.38 bits per heavy atom. The molecule has 21 heavy (non-hydrogen) atoms. The molecule has 1 fully saturated rings. The van der Waals surface area contributed by atoms with Gasteiger partial charge >= 0.3 is 6.09 Å². The lowest BCUT2D eigenvalue weighted by Gasteiger charge is -2.34. The molecule has 1 rings (SSSR count). The third-order valence-electron chi connectivity index (χ3n) is 3.72. The van der Waals surface area contributed by atoms with Crippen LogP contribution in [0.5, 0.6) is 0 Å². The molecular formula is C16H27NO4. The fourth-order valence-electron chi connectivity index (χ4n) is 2.68. The Morgan fingerprint density at radius 1 is 1.29 bits per heavy atom. The monoisotopic (exact) mass is 297 g/mol. The summed E-state index contributed by atoms with van der Waals surface area (Å²) in [5, 5.41) is 0. The number of carbonyl (C=O) groups excluding carboxylic acids is 3. The molecular weight excluding hydrogens is 270 g/mol. The van der Waals surface area contributed by atoms with Crippen LogP contribution in [-0.4, -0.2) is 41.3 Å². The van der Waals surface area contributed by atoms with E-state index in [1.807, 2.05) is 27.7 Å². The van der Waals surface area contributed by atoms with Gasteiger partial charge < -0.3 is 9.64 Å². The maximum Gasteiger partial charge on any atom is 0.410 e. The van der Waals surface area contributed by atoms with Gasteiger partial charge in [-0.05, 0) is 47.0 Å². The maximum atomic E-state index is 12.4. The van der Waals surface area contributed by atoms with E-state index in [4.69, 9.17) is 4.74 Å². The van der Waals surface area contributed by atoms with Gasteiger partial charge in [-0.1, -0.05) is 6.92 Å². The number of nitrogens with zero attached hydrogens (tertiary/aromatic N) is 1. The summed E-state index contributed by atoms with van der Waals surface area (Å²) >= 11 is 0. The summed E-state index contributed by atoms with van der Waals surface area (Å²) in [7, 11) is 0. The van der Waals surface area contributed by atoms with E-state index in [2.05, 4.69) is 0 Å². The highest BCUT2D eigenvalue weighted by atomic mass is 16.6. The molecule has 1 aliphatic heterocycles. The lowest BCUT2D eigenvalue weighted by Crippen LogP contribution is -2.46. The van der Waals surface area contributed by atoms with Crippen molar-refractivity contribution in [2.24, 2.45) is 11.8 Å². The summed E-state index contributed by atoms with van der Waals surface area (Å²) in [5.41, 5.74) is -0.542. The number of hydrogen-bond acceptors (Lipinski definition) is 4.